The van der Waals surface area contributed by atoms with E-state index in [2.05, 4.69) is 14.9 Å². The number of aromatic nitrogens is 2. The van der Waals surface area contributed by atoms with Gasteiger partial charge in [-0.2, -0.15) is 0 Å². The van der Waals surface area contributed by atoms with Crippen LogP contribution in [0.3, 0.4) is 0 Å². The van der Waals surface area contributed by atoms with Gasteiger partial charge in [0.2, 0.25) is 21.8 Å². The topological polar surface area (TPSA) is 104 Å². The molecule has 0 bridgehead atoms. The summed E-state index contributed by atoms with van der Waals surface area (Å²) in [5.41, 5.74) is 1.83. The molecule has 0 aliphatic rings. The number of rotatable bonds is 7. The maximum atomic E-state index is 12.5. The number of sulfonamides is 1. The van der Waals surface area contributed by atoms with E-state index in [-0.39, 0.29) is 17.3 Å². The fraction of sp³-hybridized carbons (Fsp3) is 0.222. The number of aryl methyl sites for hydroxylation is 1. The average Bonchev–Trinajstić information content (AvgIpc) is 3.15. The average molecular weight is 389 g/mol. The monoisotopic (exact) mass is 389 g/mol. The van der Waals surface area contributed by atoms with Crippen LogP contribution in [0.15, 0.2) is 51.8 Å². The van der Waals surface area contributed by atoms with Gasteiger partial charge in [-0.05, 0) is 31.2 Å². The summed E-state index contributed by atoms with van der Waals surface area (Å²) in [6.07, 6.45) is 0. The molecule has 3 aromatic rings. The molecule has 0 saturated carbocycles. The van der Waals surface area contributed by atoms with Crippen LogP contribution in [0.2, 0.25) is 0 Å². The number of hydrogen-bond acceptors (Lipinski definition) is 7. The van der Waals surface area contributed by atoms with Gasteiger partial charge < -0.3 is 13.9 Å². The molecule has 0 aliphatic carbocycles. The second-order valence-corrected chi connectivity index (χ2v) is 7.48. The predicted octanol–water partition coefficient (Wildman–Crippen LogP) is 2.54. The Morgan fingerprint density at radius 3 is 2.52 bits per heavy atom. The molecule has 0 fully saturated rings. The molecular weight excluding hydrogens is 370 g/mol. The van der Waals surface area contributed by atoms with E-state index in [0.717, 1.165) is 11.1 Å². The minimum atomic E-state index is -3.79. The van der Waals surface area contributed by atoms with Crippen LogP contribution in [-0.2, 0) is 16.6 Å². The Hall–Kier alpha value is -2.91. The summed E-state index contributed by atoms with van der Waals surface area (Å²) in [5, 5.41) is 7.85. The van der Waals surface area contributed by atoms with Gasteiger partial charge in [0, 0.05) is 11.6 Å². The summed E-state index contributed by atoms with van der Waals surface area (Å²) < 4.78 is 43.2. The first-order valence-corrected chi connectivity index (χ1v) is 9.52. The number of benzene rings is 2. The summed E-state index contributed by atoms with van der Waals surface area (Å²) in [7, 11) is -0.876. The molecule has 0 saturated heterocycles. The first kappa shape index (κ1) is 18.9. The van der Waals surface area contributed by atoms with Crippen LogP contribution in [0.25, 0.3) is 11.5 Å². The Balaban J connectivity index is 1.74. The molecule has 1 heterocycles. The third-order valence-corrected chi connectivity index (χ3v) is 5.21. The van der Waals surface area contributed by atoms with Gasteiger partial charge in [0.15, 0.2) is 11.5 Å². The highest BCUT2D eigenvalue weighted by atomic mass is 32.2. The number of nitrogens with one attached hydrogen (secondary N) is 1. The summed E-state index contributed by atoms with van der Waals surface area (Å²) in [5.74, 6) is 1.26. The first-order chi connectivity index (χ1) is 12.9. The van der Waals surface area contributed by atoms with Crippen LogP contribution in [0, 0.1) is 6.92 Å². The molecular formula is C18H19N3O5S. The summed E-state index contributed by atoms with van der Waals surface area (Å²) in [6.45, 7) is 1.83. The molecule has 0 spiro atoms. The van der Waals surface area contributed by atoms with E-state index in [9.17, 15) is 8.42 Å². The standard InChI is InChI=1S/C18H19N3O5S/c1-12-5-4-6-13(9-12)18-21-20-17(26-18)11-19-27(22,23)14-7-8-15(24-2)16(10-14)25-3/h4-10,19H,11H2,1-3H3. The maximum absolute atomic E-state index is 12.5. The summed E-state index contributed by atoms with van der Waals surface area (Å²) >= 11 is 0. The van der Waals surface area contributed by atoms with E-state index < -0.39 is 10.0 Å². The highest BCUT2D eigenvalue weighted by Gasteiger charge is 2.18. The minimum Gasteiger partial charge on any atom is -0.493 e. The Morgan fingerprint density at radius 2 is 1.81 bits per heavy atom. The molecule has 3 rings (SSSR count). The van der Waals surface area contributed by atoms with Gasteiger partial charge in [0.25, 0.3) is 0 Å². The highest BCUT2D eigenvalue weighted by Crippen LogP contribution is 2.29. The summed E-state index contributed by atoms with van der Waals surface area (Å²) in [4.78, 5) is 0.0403. The van der Waals surface area contributed by atoms with Crippen molar-refractivity contribution in [2.75, 3.05) is 14.2 Å². The molecule has 0 unspecified atom stereocenters. The van der Waals surface area contributed by atoms with Crippen molar-refractivity contribution in [3.8, 4) is 23.0 Å². The molecule has 1 aromatic heterocycles. The van der Waals surface area contributed by atoms with Gasteiger partial charge in [-0.3, -0.25) is 0 Å². The molecule has 2 aromatic carbocycles. The Labute approximate surface area is 157 Å². The fourth-order valence-corrected chi connectivity index (χ4v) is 3.43. The normalized spacial score (nSPS) is 11.4. The van der Waals surface area contributed by atoms with Gasteiger partial charge in [-0.1, -0.05) is 17.7 Å². The van der Waals surface area contributed by atoms with Crippen molar-refractivity contribution >= 4 is 10.0 Å². The van der Waals surface area contributed by atoms with Crippen molar-refractivity contribution in [3.63, 3.8) is 0 Å². The smallest absolute Gasteiger partial charge is 0.247 e. The lowest BCUT2D eigenvalue weighted by Gasteiger charge is -2.10. The SMILES string of the molecule is COc1ccc(S(=O)(=O)NCc2nnc(-c3cccc(C)c3)o2)cc1OC. The van der Waals surface area contributed by atoms with E-state index >= 15 is 0 Å². The fourth-order valence-electron chi connectivity index (χ4n) is 2.44. The highest BCUT2D eigenvalue weighted by molar-refractivity contribution is 7.89. The van der Waals surface area contributed by atoms with Crippen LogP contribution in [0.5, 0.6) is 11.5 Å². The van der Waals surface area contributed by atoms with E-state index in [0.29, 0.717) is 17.4 Å². The first-order valence-electron chi connectivity index (χ1n) is 8.04. The zero-order chi connectivity index (χ0) is 19.4. The van der Waals surface area contributed by atoms with Crippen LogP contribution < -0.4 is 14.2 Å². The molecule has 0 radical (unpaired) electrons. The predicted molar refractivity (Wildman–Crippen MR) is 98.0 cm³/mol. The van der Waals surface area contributed by atoms with E-state index in [1.54, 1.807) is 0 Å². The van der Waals surface area contributed by atoms with E-state index in [1.165, 1.54) is 32.4 Å². The molecule has 1 N–H and O–H groups in total. The Bertz CT molecular complexity index is 1050. The van der Waals surface area contributed by atoms with Gasteiger partial charge in [-0.25, -0.2) is 13.1 Å². The van der Waals surface area contributed by atoms with E-state index in [1.807, 2.05) is 31.2 Å². The summed E-state index contributed by atoms with van der Waals surface area (Å²) in [6, 6.07) is 11.9. The lowest BCUT2D eigenvalue weighted by Crippen LogP contribution is -2.23. The van der Waals surface area contributed by atoms with Crippen LogP contribution in [0.1, 0.15) is 11.5 Å². The molecule has 0 amide bonds. The number of hydrogen-bond donors (Lipinski definition) is 1. The zero-order valence-corrected chi connectivity index (χ0v) is 15.9. The van der Waals surface area contributed by atoms with Crippen molar-refractivity contribution in [2.45, 2.75) is 18.4 Å². The molecule has 27 heavy (non-hydrogen) atoms. The number of ether oxygens (including phenoxy) is 2. The quantitative estimate of drug-likeness (QED) is 0.662. The second kappa shape index (κ2) is 7.77. The second-order valence-electron chi connectivity index (χ2n) is 5.71. The molecule has 0 aliphatic heterocycles. The number of nitrogens with zero attached hydrogens (tertiary/aromatic N) is 2. The minimum absolute atomic E-state index is 0.0403. The lowest BCUT2D eigenvalue weighted by atomic mass is 10.1. The van der Waals surface area contributed by atoms with Crippen molar-refractivity contribution in [3.05, 3.63) is 53.9 Å². The Morgan fingerprint density at radius 1 is 1.04 bits per heavy atom. The molecule has 8 nitrogen and oxygen atoms in total. The van der Waals surface area contributed by atoms with E-state index in [4.69, 9.17) is 13.9 Å². The van der Waals surface area contributed by atoms with Crippen LogP contribution in [-0.4, -0.2) is 32.8 Å². The Kier molecular flexibility index (Phi) is 5.43. The van der Waals surface area contributed by atoms with Gasteiger partial charge in [0.1, 0.15) is 0 Å². The van der Waals surface area contributed by atoms with Crippen molar-refractivity contribution in [1.29, 1.82) is 0 Å². The molecule has 0 atom stereocenters. The number of methoxy groups -OCH3 is 2. The largest absolute Gasteiger partial charge is 0.493 e. The van der Waals surface area contributed by atoms with Gasteiger partial charge in [0.05, 0.1) is 25.7 Å². The van der Waals surface area contributed by atoms with Crippen molar-refractivity contribution < 1.29 is 22.3 Å². The van der Waals surface area contributed by atoms with Crippen molar-refractivity contribution in [1.82, 2.24) is 14.9 Å². The maximum Gasteiger partial charge on any atom is 0.247 e. The molecule has 9 heteroatoms. The van der Waals surface area contributed by atoms with Gasteiger partial charge >= 0.3 is 0 Å². The molecule has 142 valence electrons. The van der Waals surface area contributed by atoms with Crippen LogP contribution >= 0.6 is 0 Å². The third kappa shape index (κ3) is 4.26. The third-order valence-electron chi connectivity index (χ3n) is 3.81. The van der Waals surface area contributed by atoms with Gasteiger partial charge in [-0.15, -0.1) is 10.2 Å². The van der Waals surface area contributed by atoms with Crippen LogP contribution in [0.4, 0.5) is 0 Å². The lowest BCUT2D eigenvalue weighted by molar-refractivity contribution is 0.354. The zero-order valence-electron chi connectivity index (χ0n) is 15.1. The van der Waals surface area contributed by atoms with Crippen molar-refractivity contribution in [2.24, 2.45) is 0 Å².